The summed E-state index contributed by atoms with van der Waals surface area (Å²) in [5.74, 6) is -0.0822. The Hall–Kier alpha value is -0.610. The van der Waals surface area contributed by atoms with Crippen molar-refractivity contribution in [3.8, 4) is 0 Å². The van der Waals surface area contributed by atoms with Crippen molar-refractivity contribution in [2.45, 2.75) is 77.9 Å². The molecule has 0 spiro atoms. The molecule has 4 heteroatoms. The van der Waals surface area contributed by atoms with E-state index in [0.29, 0.717) is 24.4 Å². The van der Waals surface area contributed by atoms with Crippen molar-refractivity contribution in [2.24, 2.45) is 5.92 Å². The molecular formula is C16H32N2O2. The first-order valence-electron chi connectivity index (χ1n) is 8.20. The first kappa shape index (κ1) is 17.4. The van der Waals surface area contributed by atoms with E-state index < -0.39 is 5.97 Å². The first-order valence-corrected chi connectivity index (χ1v) is 8.20. The summed E-state index contributed by atoms with van der Waals surface area (Å²) in [4.78, 5) is 13.8. The molecule has 1 atom stereocenters. The van der Waals surface area contributed by atoms with Gasteiger partial charge < -0.3 is 15.3 Å². The van der Waals surface area contributed by atoms with E-state index in [4.69, 9.17) is 0 Å². The van der Waals surface area contributed by atoms with Crippen molar-refractivity contribution in [1.29, 1.82) is 0 Å². The highest BCUT2D eigenvalue weighted by Crippen LogP contribution is 2.20. The lowest BCUT2D eigenvalue weighted by atomic mass is 10.1. The molecule has 0 aliphatic heterocycles. The molecule has 0 bridgehead atoms. The molecule has 0 amide bonds. The number of nitrogens with one attached hydrogen (secondary N) is 1. The van der Waals surface area contributed by atoms with Crippen LogP contribution in [-0.2, 0) is 4.79 Å². The van der Waals surface area contributed by atoms with Gasteiger partial charge in [0.25, 0.3) is 0 Å². The second-order valence-corrected chi connectivity index (χ2v) is 6.48. The van der Waals surface area contributed by atoms with Gasteiger partial charge in [-0.1, -0.05) is 27.7 Å². The summed E-state index contributed by atoms with van der Waals surface area (Å²) in [5, 5.41) is 12.6. The Morgan fingerprint density at radius 3 is 2.30 bits per heavy atom. The Bertz CT molecular complexity index is 286. The van der Waals surface area contributed by atoms with Crippen LogP contribution in [0.3, 0.4) is 0 Å². The molecule has 0 saturated heterocycles. The lowest BCUT2D eigenvalue weighted by Gasteiger charge is -2.32. The van der Waals surface area contributed by atoms with Crippen LogP contribution < -0.4 is 5.32 Å². The third-order valence-corrected chi connectivity index (χ3v) is 4.08. The van der Waals surface area contributed by atoms with E-state index in [9.17, 15) is 9.90 Å². The van der Waals surface area contributed by atoms with Gasteiger partial charge in [-0.3, -0.25) is 4.79 Å². The molecule has 1 aliphatic rings. The van der Waals surface area contributed by atoms with Gasteiger partial charge in [-0.25, -0.2) is 0 Å². The molecule has 0 heterocycles. The summed E-state index contributed by atoms with van der Waals surface area (Å²) in [5.41, 5.74) is 0. The van der Waals surface area contributed by atoms with Crippen molar-refractivity contribution in [3.05, 3.63) is 0 Å². The van der Waals surface area contributed by atoms with Gasteiger partial charge in [0.2, 0.25) is 0 Å². The van der Waals surface area contributed by atoms with E-state index in [1.54, 1.807) is 0 Å². The molecule has 0 radical (unpaired) electrons. The van der Waals surface area contributed by atoms with Crippen LogP contribution in [0.5, 0.6) is 0 Å². The van der Waals surface area contributed by atoms with Gasteiger partial charge in [-0.05, 0) is 38.0 Å². The van der Waals surface area contributed by atoms with Crippen molar-refractivity contribution < 1.29 is 9.90 Å². The van der Waals surface area contributed by atoms with E-state index in [0.717, 1.165) is 38.8 Å². The van der Waals surface area contributed by atoms with E-state index in [1.165, 1.54) is 0 Å². The predicted octanol–water partition coefficient (Wildman–Crippen LogP) is 2.73. The molecule has 1 unspecified atom stereocenters. The minimum atomic E-state index is -0.703. The van der Waals surface area contributed by atoms with E-state index in [-0.39, 0.29) is 6.04 Å². The molecule has 0 aromatic rings. The SMILES string of the molecule is CCC(CC)N(CCC(NC1CC1)C(=O)O)CC(C)C. The van der Waals surface area contributed by atoms with Crippen LogP contribution in [0.25, 0.3) is 0 Å². The van der Waals surface area contributed by atoms with Crippen molar-refractivity contribution in [3.63, 3.8) is 0 Å². The van der Waals surface area contributed by atoms with Crippen LogP contribution in [0.1, 0.15) is 59.8 Å². The highest BCUT2D eigenvalue weighted by molar-refractivity contribution is 5.73. The smallest absolute Gasteiger partial charge is 0.320 e. The number of hydrogen-bond acceptors (Lipinski definition) is 3. The van der Waals surface area contributed by atoms with Gasteiger partial charge in [0, 0.05) is 25.2 Å². The van der Waals surface area contributed by atoms with Crippen LogP contribution in [-0.4, -0.2) is 47.2 Å². The molecule has 0 aromatic heterocycles. The fourth-order valence-corrected chi connectivity index (χ4v) is 2.80. The summed E-state index contributed by atoms with van der Waals surface area (Å²) >= 11 is 0. The summed E-state index contributed by atoms with van der Waals surface area (Å²) < 4.78 is 0. The zero-order chi connectivity index (χ0) is 15.1. The average molecular weight is 284 g/mol. The summed E-state index contributed by atoms with van der Waals surface area (Å²) in [6, 6.07) is 0.641. The van der Waals surface area contributed by atoms with E-state index >= 15 is 0 Å². The molecular weight excluding hydrogens is 252 g/mol. The highest BCUT2D eigenvalue weighted by atomic mass is 16.4. The quantitative estimate of drug-likeness (QED) is 0.612. The number of nitrogens with zero attached hydrogens (tertiary/aromatic N) is 1. The predicted molar refractivity (Wildman–Crippen MR) is 83.0 cm³/mol. The second-order valence-electron chi connectivity index (χ2n) is 6.48. The molecule has 20 heavy (non-hydrogen) atoms. The van der Waals surface area contributed by atoms with Gasteiger partial charge in [-0.15, -0.1) is 0 Å². The largest absolute Gasteiger partial charge is 0.480 e. The van der Waals surface area contributed by atoms with Crippen LogP contribution in [0.4, 0.5) is 0 Å². The molecule has 2 N–H and O–H groups in total. The fraction of sp³-hybridized carbons (Fsp3) is 0.938. The fourth-order valence-electron chi connectivity index (χ4n) is 2.80. The van der Waals surface area contributed by atoms with Gasteiger partial charge >= 0.3 is 5.97 Å². The number of hydrogen-bond donors (Lipinski definition) is 2. The van der Waals surface area contributed by atoms with Crippen LogP contribution in [0, 0.1) is 5.92 Å². The lowest BCUT2D eigenvalue weighted by Crippen LogP contribution is -2.44. The van der Waals surface area contributed by atoms with Crippen molar-refractivity contribution in [2.75, 3.05) is 13.1 Å². The molecule has 1 rings (SSSR count). The van der Waals surface area contributed by atoms with E-state index in [2.05, 4.69) is 37.9 Å². The van der Waals surface area contributed by atoms with Crippen molar-refractivity contribution in [1.82, 2.24) is 10.2 Å². The topological polar surface area (TPSA) is 52.6 Å². The summed E-state index contributed by atoms with van der Waals surface area (Å²) in [7, 11) is 0. The van der Waals surface area contributed by atoms with E-state index in [1.807, 2.05) is 0 Å². The minimum Gasteiger partial charge on any atom is -0.480 e. The molecule has 1 fully saturated rings. The minimum absolute atomic E-state index is 0.383. The molecule has 0 aromatic carbocycles. The molecule has 118 valence electrons. The second kappa shape index (κ2) is 8.63. The Morgan fingerprint density at radius 2 is 1.90 bits per heavy atom. The average Bonchev–Trinajstić information content (AvgIpc) is 3.18. The maximum absolute atomic E-state index is 11.3. The Labute approximate surface area is 123 Å². The maximum Gasteiger partial charge on any atom is 0.320 e. The number of carboxylic acids is 1. The van der Waals surface area contributed by atoms with Gasteiger partial charge in [0.1, 0.15) is 6.04 Å². The number of aliphatic carboxylic acids is 1. The lowest BCUT2D eigenvalue weighted by molar-refractivity contribution is -0.139. The zero-order valence-corrected chi connectivity index (χ0v) is 13.6. The first-order chi connectivity index (χ1) is 9.47. The van der Waals surface area contributed by atoms with Crippen LogP contribution in [0.2, 0.25) is 0 Å². The van der Waals surface area contributed by atoms with Gasteiger partial charge in [0.15, 0.2) is 0 Å². The molecule has 4 nitrogen and oxygen atoms in total. The molecule has 1 saturated carbocycles. The van der Waals surface area contributed by atoms with Gasteiger partial charge in [0.05, 0.1) is 0 Å². The Morgan fingerprint density at radius 1 is 1.30 bits per heavy atom. The van der Waals surface area contributed by atoms with Crippen LogP contribution >= 0.6 is 0 Å². The molecule has 1 aliphatic carbocycles. The third-order valence-electron chi connectivity index (χ3n) is 4.08. The number of carboxylic acid groups (broad SMARTS) is 1. The Balaban J connectivity index is 2.50. The maximum atomic E-state index is 11.3. The van der Waals surface area contributed by atoms with Crippen molar-refractivity contribution >= 4 is 5.97 Å². The summed E-state index contributed by atoms with van der Waals surface area (Å²) in [6.07, 6.45) is 5.24. The normalized spacial score (nSPS) is 17.1. The Kier molecular flexibility index (Phi) is 7.52. The summed E-state index contributed by atoms with van der Waals surface area (Å²) in [6.45, 7) is 10.8. The number of rotatable bonds is 11. The van der Waals surface area contributed by atoms with Crippen LogP contribution in [0.15, 0.2) is 0 Å². The third kappa shape index (κ3) is 6.23. The monoisotopic (exact) mass is 284 g/mol. The van der Waals surface area contributed by atoms with Gasteiger partial charge in [-0.2, -0.15) is 0 Å². The number of carbonyl (C=O) groups is 1. The standard InChI is InChI=1S/C16H32N2O2/c1-5-14(6-2)18(11-12(3)4)10-9-15(16(19)20)17-13-7-8-13/h12-15,17H,5-11H2,1-4H3,(H,19,20). The highest BCUT2D eigenvalue weighted by Gasteiger charge is 2.29. The zero-order valence-electron chi connectivity index (χ0n) is 13.6.